The van der Waals surface area contributed by atoms with E-state index in [0.717, 1.165) is 0 Å². The molecule has 45 heavy (non-hydrogen) atoms. The van der Waals surface area contributed by atoms with Gasteiger partial charge in [0.25, 0.3) is 0 Å². The van der Waals surface area contributed by atoms with E-state index in [0.29, 0.717) is 37.9 Å². The number of guanidine groups is 1. The van der Waals surface area contributed by atoms with Crippen molar-refractivity contribution in [1.29, 1.82) is 5.41 Å². The molecule has 0 bridgehead atoms. The molecule has 0 aromatic carbocycles. The van der Waals surface area contributed by atoms with Crippen molar-refractivity contribution in [3.8, 4) is 0 Å². The summed E-state index contributed by atoms with van der Waals surface area (Å²) in [5.74, 6) is -4.39. The molecule has 0 saturated carbocycles. The predicted molar refractivity (Wildman–Crippen MR) is 161 cm³/mol. The number of nitrogens with two attached hydrogens (primary N) is 2. The molecule has 12 N–H and O–H groups in total. The van der Waals surface area contributed by atoms with Crippen molar-refractivity contribution in [2.45, 2.75) is 82.5 Å². The van der Waals surface area contributed by atoms with E-state index in [-0.39, 0.29) is 51.3 Å². The lowest BCUT2D eigenvalue weighted by Crippen LogP contribution is -2.58. The number of unbranched alkanes of at least 4 members (excludes halogenated alkanes) is 1. The van der Waals surface area contributed by atoms with Gasteiger partial charge in [0.2, 0.25) is 29.5 Å². The average molecular weight is 636 g/mol. The number of nitrogens with zero attached hydrogens (tertiary/aromatic N) is 2. The molecule has 1 aliphatic heterocycles. The van der Waals surface area contributed by atoms with Crippen molar-refractivity contribution >= 4 is 41.5 Å². The van der Waals surface area contributed by atoms with Gasteiger partial charge in [-0.3, -0.25) is 29.4 Å². The highest BCUT2D eigenvalue weighted by atomic mass is 16.4. The van der Waals surface area contributed by atoms with Crippen molar-refractivity contribution < 1.29 is 33.9 Å². The third kappa shape index (κ3) is 12.8. The molecular weight excluding hydrogens is 590 g/mol. The Bertz CT molecular complexity index is 1180. The largest absolute Gasteiger partial charge is 0.480 e. The number of aromatic nitrogens is 2. The van der Waals surface area contributed by atoms with Crippen LogP contribution < -0.4 is 38.1 Å². The Balaban J connectivity index is 2.24. The van der Waals surface area contributed by atoms with Crippen LogP contribution in [0, 0.1) is 5.41 Å². The van der Waals surface area contributed by atoms with Crippen LogP contribution in [0.1, 0.15) is 57.6 Å². The van der Waals surface area contributed by atoms with Gasteiger partial charge in [0.15, 0.2) is 5.96 Å². The lowest BCUT2D eigenvalue weighted by Gasteiger charge is -2.29. The second-order valence-corrected chi connectivity index (χ2v) is 10.7. The van der Waals surface area contributed by atoms with Crippen LogP contribution in [-0.4, -0.2) is 112 Å². The normalized spacial score (nSPS) is 16.1. The fourth-order valence-corrected chi connectivity index (χ4v) is 4.85. The lowest BCUT2D eigenvalue weighted by atomic mass is 10.0. The monoisotopic (exact) mass is 635 g/mol. The summed E-state index contributed by atoms with van der Waals surface area (Å²) in [7, 11) is 0. The van der Waals surface area contributed by atoms with Crippen molar-refractivity contribution in [3.63, 3.8) is 0 Å². The molecule has 1 aromatic heterocycles. The van der Waals surface area contributed by atoms with E-state index in [1.54, 1.807) is 6.20 Å². The zero-order valence-corrected chi connectivity index (χ0v) is 25.4. The molecule has 0 spiro atoms. The fraction of sp³-hybridized carbons (Fsp3) is 0.630. The second-order valence-electron chi connectivity index (χ2n) is 10.7. The molecule has 1 fully saturated rings. The summed E-state index contributed by atoms with van der Waals surface area (Å²) in [6.45, 7) is 1.68. The van der Waals surface area contributed by atoms with Crippen molar-refractivity contribution in [2.75, 3.05) is 26.2 Å². The van der Waals surface area contributed by atoms with E-state index in [1.165, 1.54) is 18.2 Å². The van der Waals surface area contributed by atoms with Gasteiger partial charge in [-0.1, -0.05) is 0 Å². The van der Waals surface area contributed by atoms with Gasteiger partial charge in [0.05, 0.1) is 18.6 Å². The van der Waals surface area contributed by atoms with Gasteiger partial charge >= 0.3 is 5.97 Å². The first kappa shape index (κ1) is 36.5. The van der Waals surface area contributed by atoms with Crippen molar-refractivity contribution in [3.05, 3.63) is 18.2 Å². The molecule has 2 heterocycles. The zero-order chi connectivity index (χ0) is 33.4. The molecule has 18 nitrogen and oxygen atoms in total. The zero-order valence-electron chi connectivity index (χ0n) is 25.4. The van der Waals surface area contributed by atoms with Crippen LogP contribution in [0.4, 0.5) is 0 Å². The lowest BCUT2D eigenvalue weighted by molar-refractivity contribution is -0.149. The number of nitrogens with one attached hydrogen (secondary N) is 7. The number of carboxylic acid groups (broad SMARTS) is 1. The van der Waals surface area contributed by atoms with Gasteiger partial charge in [-0.2, -0.15) is 0 Å². The molecule has 0 radical (unpaired) electrons. The van der Waals surface area contributed by atoms with E-state index in [2.05, 4.69) is 36.6 Å². The Morgan fingerprint density at radius 3 is 2.36 bits per heavy atom. The number of carboxylic acids is 1. The van der Waals surface area contributed by atoms with E-state index in [1.807, 2.05) is 0 Å². The van der Waals surface area contributed by atoms with Crippen molar-refractivity contribution in [2.24, 2.45) is 11.5 Å². The molecular formula is C27H45N11O7. The van der Waals surface area contributed by atoms with Gasteiger partial charge in [0, 0.05) is 32.6 Å². The Kier molecular flexibility index (Phi) is 15.2. The molecule has 18 heteroatoms. The van der Waals surface area contributed by atoms with Crippen LogP contribution in [0.5, 0.6) is 0 Å². The number of amides is 5. The van der Waals surface area contributed by atoms with E-state index in [9.17, 15) is 33.9 Å². The topological polar surface area (TPSA) is 291 Å². The molecule has 2 rings (SSSR count). The smallest absolute Gasteiger partial charge is 0.326 e. The minimum Gasteiger partial charge on any atom is -0.480 e. The maximum Gasteiger partial charge on any atom is 0.326 e. The third-order valence-corrected chi connectivity index (χ3v) is 7.12. The number of rotatable bonds is 19. The number of hydrogen-bond donors (Lipinski definition) is 10. The summed E-state index contributed by atoms with van der Waals surface area (Å²) >= 11 is 0. The number of hydrogen-bond acceptors (Lipinski definition) is 9. The number of carbonyl (C=O) groups is 6. The van der Waals surface area contributed by atoms with Gasteiger partial charge in [-0.25, -0.2) is 9.78 Å². The van der Waals surface area contributed by atoms with E-state index >= 15 is 0 Å². The summed E-state index contributed by atoms with van der Waals surface area (Å²) in [5, 5.41) is 29.8. The Labute approximate surface area is 260 Å². The van der Waals surface area contributed by atoms with Crippen LogP contribution in [-0.2, 0) is 35.2 Å². The van der Waals surface area contributed by atoms with E-state index in [4.69, 9.17) is 16.9 Å². The molecule has 1 saturated heterocycles. The molecule has 1 aliphatic rings. The summed E-state index contributed by atoms with van der Waals surface area (Å²) in [6.07, 6.45) is 5.33. The van der Waals surface area contributed by atoms with Crippen LogP contribution in [0.2, 0.25) is 0 Å². The molecule has 5 amide bonds. The Morgan fingerprint density at radius 1 is 1.04 bits per heavy atom. The fourth-order valence-electron chi connectivity index (χ4n) is 4.85. The molecule has 1 aromatic rings. The predicted octanol–water partition coefficient (Wildman–Crippen LogP) is -2.99. The Morgan fingerprint density at radius 2 is 1.73 bits per heavy atom. The van der Waals surface area contributed by atoms with Gasteiger partial charge in [-0.15, -0.1) is 0 Å². The number of H-pyrrole nitrogens is 1. The molecule has 4 atom stereocenters. The second kappa shape index (κ2) is 18.8. The average Bonchev–Trinajstić information content (AvgIpc) is 3.69. The first-order valence-electron chi connectivity index (χ1n) is 14.9. The van der Waals surface area contributed by atoms with Gasteiger partial charge < -0.3 is 53.0 Å². The van der Waals surface area contributed by atoms with Crippen LogP contribution in [0.25, 0.3) is 0 Å². The van der Waals surface area contributed by atoms with Crippen LogP contribution >= 0.6 is 0 Å². The summed E-state index contributed by atoms with van der Waals surface area (Å²) in [5.41, 5.74) is 11.4. The quantitative estimate of drug-likeness (QED) is 0.0415. The minimum atomic E-state index is -1.16. The maximum atomic E-state index is 13.6. The van der Waals surface area contributed by atoms with E-state index < -0.39 is 59.7 Å². The molecule has 0 aliphatic carbocycles. The Hall–Kier alpha value is -4.74. The molecule has 250 valence electrons. The SMILES string of the molecule is CC(=O)NCC(=O)N[C@@H](Cc1c[nH]cn1)C(=O)N[C@@H](CCCCN)C(=O)N[C@@H](CCCNC(=N)N)C(=O)N1CCC[C@H]1C(=O)O. The highest BCUT2D eigenvalue weighted by Crippen LogP contribution is 2.20. The van der Waals surface area contributed by atoms with Gasteiger partial charge in [-0.05, 0) is 51.5 Å². The van der Waals surface area contributed by atoms with Crippen LogP contribution in [0.15, 0.2) is 12.5 Å². The standard InChI is InChI=1S/C27H45N11O7/c1-16(39)33-14-22(40)35-20(12-17-13-31-15-34-17)24(42)36-18(6-2-3-9-28)23(41)37-19(7-4-10-32-27(29)30)25(43)38-11-5-8-21(38)26(44)45/h13,15,18-21H,2-12,14,28H2,1H3,(H,31,34)(H,33,39)(H,35,40)(H,36,42)(H,37,41)(H,44,45)(H4,29,30,32)/t18-,19-,20-,21-/m0/s1. The number of aromatic amines is 1. The van der Waals surface area contributed by atoms with Gasteiger partial charge in [0.1, 0.15) is 24.2 Å². The van der Waals surface area contributed by atoms with Crippen molar-refractivity contribution in [1.82, 2.24) is 41.5 Å². The first-order chi connectivity index (χ1) is 21.4. The first-order valence-corrected chi connectivity index (χ1v) is 14.9. The molecule has 0 unspecified atom stereocenters. The van der Waals surface area contributed by atoms with Crippen LogP contribution in [0.3, 0.4) is 0 Å². The maximum absolute atomic E-state index is 13.6. The number of likely N-dealkylation sites (tertiary alicyclic amines) is 1. The summed E-state index contributed by atoms with van der Waals surface area (Å²) in [4.78, 5) is 84.2. The summed E-state index contributed by atoms with van der Waals surface area (Å²) < 4.78 is 0. The summed E-state index contributed by atoms with van der Waals surface area (Å²) in [6, 6.07) is -4.42. The minimum absolute atomic E-state index is 0.0198. The highest BCUT2D eigenvalue weighted by molar-refractivity contribution is 5.95. The highest BCUT2D eigenvalue weighted by Gasteiger charge is 2.38. The third-order valence-electron chi connectivity index (χ3n) is 7.12. The number of aliphatic carboxylic acids is 1. The number of imidazole rings is 1. The number of carbonyl (C=O) groups excluding carboxylic acids is 5.